The number of rotatable bonds is 3. The van der Waals surface area contributed by atoms with Gasteiger partial charge in [-0.15, -0.1) is 0 Å². The molecule has 1 aliphatic rings. The van der Waals surface area contributed by atoms with Crippen LogP contribution in [0.25, 0.3) is 0 Å². The average Bonchev–Trinajstić information content (AvgIpc) is 2.54. The molecule has 6 heteroatoms. The Labute approximate surface area is 132 Å². The number of benzene rings is 1. The fraction of sp³-hybridized carbons (Fsp3) is 0.353. The third kappa shape index (κ3) is 3.57. The van der Waals surface area contributed by atoms with Crippen LogP contribution in [0.15, 0.2) is 36.5 Å². The topological polar surface area (TPSA) is 31.4 Å². The second kappa shape index (κ2) is 6.10. The van der Waals surface area contributed by atoms with Crippen molar-refractivity contribution < 1.29 is 22.6 Å². The molecule has 122 valence electrons. The highest BCUT2D eigenvalue weighted by atomic mass is 19.4. The summed E-state index contributed by atoms with van der Waals surface area (Å²) in [5.41, 5.74) is 0.809. The lowest BCUT2D eigenvalue weighted by molar-refractivity contribution is -0.137. The monoisotopic (exact) mass is 323 g/mol. The minimum absolute atomic E-state index is 0.104. The van der Waals surface area contributed by atoms with E-state index in [2.05, 4.69) is 4.98 Å². The van der Waals surface area contributed by atoms with Gasteiger partial charge in [0.2, 0.25) is 0 Å². The minimum atomic E-state index is -4.34. The number of ether oxygens (including phenoxy) is 2. The summed E-state index contributed by atoms with van der Waals surface area (Å²) in [6, 6.07) is 7.72. The fourth-order valence-corrected chi connectivity index (χ4v) is 2.74. The molecule has 0 N–H and O–H groups in total. The van der Waals surface area contributed by atoms with Gasteiger partial charge in [-0.25, -0.2) is 0 Å². The predicted octanol–water partition coefficient (Wildman–Crippen LogP) is 3.90. The first kappa shape index (κ1) is 15.6. The maximum atomic E-state index is 12.8. The maximum Gasteiger partial charge on any atom is 0.416 e. The van der Waals surface area contributed by atoms with Gasteiger partial charge in [0, 0.05) is 23.9 Å². The highest BCUT2D eigenvalue weighted by Gasteiger charge is 2.31. The van der Waals surface area contributed by atoms with Crippen LogP contribution >= 0.6 is 0 Å². The summed E-state index contributed by atoms with van der Waals surface area (Å²) in [6.07, 6.45) is -1.93. The van der Waals surface area contributed by atoms with Gasteiger partial charge in [-0.1, -0.05) is 6.07 Å². The Morgan fingerprint density at radius 2 is 2.09 bits per heavy atom. The minimum Gasteiger partial charge on any atom is -0.497 e. The second-order valence-electron chi connectivity index (χ2n) is 5.59. The van der Waals surface area contributed by atoms with E-state index in [-0.39, 0.29) is 5.92 Å². The van der Waals surface area contributed by atoms with Crippen LogP contribution in [-0.2, 0) is 19.0 Å². The molecular weight excluding hydrogens is 307 g/mol. The van der Waals surface area contributed by atoms with E-state index in [0.29, 0.717) is 18.7 Å². The van der Waals surface area contributed by atoms with E-state index in [1.54, 1.807) is 7.11 Å². The van der Waals surface area contributed by atoms with Crippen LogP contribution in [0.3, 0.4) is 0 Å². The molecule has 23 heavy (non-hydrogen) atoms. The van der Waals surface area contributed by atoms with Crippen molar-refractivity contribution >= 4 is 0 Å². The van der Waals surface area contributed by atoms with Gasteiger partial charge in [-0.2, -0.15) is 13.2 Å². The van der Waals surface area contributed by atoms with Crippen LogP contribution < -0.4 is 9.47 Å². The van der Waals surface area contributed by atoms with E-state index in [4.69, 9.17) is 9.47 Å². The van der Waals surface area contributed by atoms with Gasteiger partial charge in [0.15, 0.2) is 0 Å². The molecule has 1 aromatic carbocycles. The Balaban J connectivity index is 1.72. The lowest BCUT2D eigenvalue weighted by Gasteiger charge is -2.25. The van der Waals surface area contributed by atoms with Gasteiger partial charge >= 0.3 is 6.18 Å². The molecule has 2 heterocycles. The number of fused-ring (bicyclic) bond motifs is 1. The zero-order valence-corrected chi connectivity index (χ0v) is 12.6. The second-order valence-corrected chi connectivity index (χ2v) is 5.59. The largest absolute Gasteiger partial charge is 0.497 e. The Morgan fingerprint density at radius 1 is 1.26 bits per heavy atom. The number of halogens is 3. The number of hydrogen-bond donors (Lipinski definition) is 0. The van der Waals surface area contributed by atoms with Crippen LogP contribution in [0.5, 0.6) is 11.5 Å². The lowest BCUT2D eigenvalue weighted by atomic mass is 9.92. The molecule has 0 bridgehead atoms. The van der Waals surface area contributed by atoms with Gasteiger partial charge in [0.25, 0.3) is 0 Å². The average molecular weight is 323 g/mol. The number of methoxy groups -OCH3 is 1. The third-order valence-corrected chi connectivity index (χ3v) is 3.90. The van der Waals surface area contributed by atoms with E-state index in [0.717, 1.165) is 35.6 Å². The third-order valence-electron chi connectivity index (χ3n) is 3.90. The number of hydrogen-bond acceptors (Lipinski definition) is 3. The summed E-state index contributed by atoms with van der Waals surface area (Å²) < 4.78 is 49.1. The van der Waals surface area contributed by atoms with E-state index in [1.165, 1.54) is 6.20 Å². The van der Waals surface area contributed by atoms with E-state index < -0.39 is 11.7 Å². The first-order chi connectivity index (χ1) is 11.0. The Morgan fingerprint density at radius 3 is 2.83 bits per heavy atom. The summed E-state index contributed by atoms with van der Waals surface area (Å²) in [5.74, 6) is 1.60. The zero-order valence-electron chi connectivity index (χ0n) is 12.6. The molecule has 1 atom stereocenters. The van der Waals surface area contributed by atoms with Crippen molar-refractivity contribution in [1.82, 2.24) is 4.98 Å². The number of alkyl halides is 3. The molecule has 0 saturated carbocycles. The van der Waals surface area contributed by atoms with Crippen LogP contribution in [0.1, 0.15) is 16.8 Å². The molecule has 2 aromatic rings. The molecule has 3 nitrogen and oxygen atoms in total. The Hall–Kier alpha value is -2.24. The van der Waals surface area contributed by atoms with Gasteiger partial charge in [-0.3, -0.25) is 4.98 Å². The van der Waals surface area contributed by atoms with E-state index >= 15 is 0 Å². The zero-order chi connectivity index (χ0) is 16.4. The summed E-state index contributed by atoms with van der Waals surface area (Å²) in [6.45, 7) is 0.456. The molecule has 0 spiro atoms. The molecular formula is C17H16F3NO2. The molecule has 0 radical (unpaired) electrons. The number of aromatic nitrogens is 1. The van der Waals surface area contributed by atoms with Gasteiger partial charge in [-0.05, 0) is 36.6 Å². The molecule has 3 rings (SSSR count). The standard InChI is InChI=1S/C17H16F3NO2/c1-22-15-3-2-12-6-11(10-23-16(12)9-15)7-14-8-13(4-5-21-14)17(18,19)20/h2-5,8-9,11H,6-7,10H2,1H3/t11-/m1/s1. The van der Waals surface area contributed by atoms with E-state index in [1.807, 2.05) is 18.2 Å². The lowest BCUT2D eigenvalue weighted by Crippen LogP contribution is -2.23. The van der Waals surface area contributed by atoms with Crippen molar-refractivity contribution in [2.24, 2.45) is 5.92 Å². The first-order valence-corrected chi connectivity index (χ1v) is 7.27. The van der Waals surface area contributed by atoms with Crippen LogP contribution in [-0.4, -0.2) is 18.7 Å². The maximum absolute atomic E-state index is 12.8. The SMILES string of the molecule is COc1ccc2c(c1)OC[C@@H](Cc1cc(C(F)(F)F)ccn1)C2. The normalized spacial score (nSPS) is 17.3. The Kier molecular flexibility index (Phi) is 4.15. The van der Waals surface area contributed by atoms with Crippen molar-refractivity contribution in [3.8, 4) is 11.5 Å². The molecule has 1 aromatic heterocycles. The molecule has 0 unspecified atom stereocenters. The molecule has 1 aliphatic heterocycles. The molecule has 0 aliphatic carbocycles. The highest BCUT2D eigenvalue weighted by molar-refractivity contribution is 5.42. The number of pyridine rings is 1. The van der Waals surface area contributed by atoms with Crippen molar-refractivity contribution in [1.29, 1.82) is 0 Å². The van der Waals surface area contributed by atoms with Gasteiger partial charge in [0.1, 0.15) is 11.5 Å². The van der Waals surface area contributed by atoms with Crippen molar-refractivity contribution in [3.63, 3.8) is 0 Å². The van der Waals surface area contributed by atoms with Gasteiger partial charge in [0.05, 0.1) is 19.3 Å². The summed E-state index contributed by atoms with van der Waals surface area (Å²) >= 11 is 0. The van der Waals surface area contributed by atoms with Gasteiger partial charge < -0.3 is 9.47 Å². The molecule has 0 saturated heterocycles. The highest BCUT2D eigenvalue weighted by Crippen LogP contribution is 2.33. The van der Waals surface area contributed by atoms with E-state index in [9.17, 15) is 13.2 Å². The van der Waals surface area contributed by atoms with Crippen molar-refractivity contribution in [2.75, 3.05) is 13.7 Å². The Bertz CT molecular complexity index is 700. The van der Waals surface area contributed by atoms with Crippen LogP contribution in [0, 0.1) is 5.92 Å². The first-order valence-electron chi connectivity index (χ1n) is 7.27. The number of nitrogens with zero attached hydrogens (tertiary/aromatic N) is 1. The predicted molar refractivity (Wildman–Crippen MR) is 78.6 cm³/mol. The molecule has 0 fully saturated rings. The van der Waals surface area contributed by atoms with Crippen LogP contribution in [0.2, 0.25) is 0 Å². The summed E-state index contributed by atoms with van der Waals surface area (Å²) in [5, 5.41) is 0. The quantitative estimate of drug-likeness (QED) is 0.858. The smallest absolute Gasteiger partial charge is 0.416 e. The van der Waals surface area contributed by atoms with Crippen molar-refractivity contribution in [2.45, 2.75) is 19.0 Å². The van der Waals surface area contributed by atoms with Crippen LogP contribution in [0.4, 0.5) is 13.2 Å². The summed E-state index contributed by atoms with van der Waals surface area (Å²) in [7, 11) is 1.59. The summed E-state index contributed by atoms with van der Waals surface area (Å²) in [4.78, 5) is 4.05. The van der Waals surface area contributed by atoms with Crippen molar-refractivity contribution in [3.05, 3.63) is 53.3 Å². The molecule has 0 amide bonds. The fourth-order valence-electron chi connectivity index (χ4n) is 2.74.